The van der Waals surface area contributed by atoms with E-state index in [2.05, 4.69) is 30.9 Å². The van der Waals surface area contributed by atoms with Crippen LogP contribution >= 0.6 is 0 Å². The standard InChI is InChI=1S/C30H50O3/c1-3-5-15-26(27-17-10-8-11-18-27)19-13-21-29-22-14-20-28(29)16-9-6-7-12-23-30(31)33-25-24-32-4-2/h6,9,26-29H,3-5,7-8,10-12,14-20,22-25H2,1-2H3/t26?,28-,29-/m0/s1. The molecule has 3 heteroatoms. The molecule has 1 unspecified atom stereocenters. The van der Waals surface area contributed by atoms with Crippen LogP contribution in [0.25, 0.3) is 0 Å². The van der Waals surface area contributed by atoms with Gasteiger partial charge in [0.25, 0.3) is 0 Å². The molecule has 0 N–H and O–H groups in total. The third-order valence-electron chi connectivity index (χ3n) is 7.61. The molecule has 0 saturated heterocycles. The van der Waals surface area contributed by atoms with Crippen LogP contribution in [0.3, 0.4) is 0 Å². The number of carbonyl (C=O) groups excluding carboxylic acids is 1. The Balaban J connectivity index is 1.66. The summed E-state index contributed by atoms with van der Waals surface area (Å²) in [4.78, 5) is 11.7. The highest BCUT2D eigenvalue weighted by molar-refractivity contribution is 5.69. The van der Waals surface area contributed by atoms with Gasteiger partial charge in [-0.25, -0.2) is 0 Å². The second-order valence-electron chi connectivity index (χ2n) is 10.1. The van der Waals surface area contributed by atoms with Gasteiger partial charge in [0.2, 0.25) is 0 Å². The van der Waals surface area contributed by atoms with Crippen molar-refractivity contribution in [2.24, 2.45) is 23.7 Å². The van der Waals surface area contributed by atoms with Crippen LogP contribution in [0.1, 0.15) is 117 Å². The summed E-state index contributed by atoms with van der Waals surface area (Å²) in [5, 5.41) is 0. The van der Waals surface area contributed by atoms with Gasteiger partial charge in [0.05, 0.1) is 6.61 Å². The van der Waals surface area contributed by atoms with Crippen molar-refractivity contribution in [3.63, 3.8) is 0 Å². The molecule has 0 heterocycles. The summed E-state index contributed by atoms with van der Waals surface area (Å²) >= 11 is 0. The van der Waals surface area contributed by atoms with Crippen molar-refractivity contribution in [2.45, 2.75) is 117 Å². The highest BCUT2D eigenvalue weighted by Gasteiger charge is 2.25. The number of ether oxygens (including phenoxy) is 2. The minimum Gasteiger partial charge on any atom is -0.463 e. The summed E-state index contributed by atoms with van der Waals surface area (Å²) in [6.45, 7) is 5.78. The van der Waals surface area contributed by atoms with E-state index < -0.39 is 0 Å². The zero-order chi connectivity index (χ0) is 23.6. The van der Waals surface area contributed by atoms with E-state index in [-0.39, 0.29) is 5.97 Å². The first-order valence-corrected chi connectivity index (χ1v) is 14.1. The maximum absolute atomic E-state index is 11.7. The minimum absolute atomic E-state index is 0.111. The molecule has 2 aliphatic carbocycles. The van der Waals surface area contributed by atoms with E-state index in [1.54, 1.807) is 0 Å². The van der Waals surface area contributed by atoms with Crippen molar-refractivity contribution in [3.05, 3.63) is 12.2 Å². The molecule has 188 valence electrons. The van der Waals surface area contributed by atoms with Gasteiger partial charge >= 0.3 is 5.97 Å². The summed E-state index contributed by atoms with van der Waals surface area (Å²) in [6, 6.07) is 0. The number of unbranched alkanes of at least 4 members (excludes halogenated alkanes) is 2. The van der Waals surface area contributed by atoms with E-state index >= 15 is 0 Å². The first kappa shape index (κ1) is 28.0. The van der Waals surface area contributed by atoms with Gasteiger partial charge in [0.15, 0.2) is 0 Å². The summed E-state index contributed by atoms with van der Waals surface area (Å²) in [5.41, 5.74) is 0. The number of carbonyl (C=O) groups is 1. The van der Waals surface area contributed by atoms with Gasteiger partial charge in [-0.15, -0.1) is 5.92 Å². The molecule has 0 radical (unpaired) electrons. The lowest BCUT2D eigenvalue weighted by Gasteiger charge is -2.29. The van der Waals surface area contributed by atoms with Crippen LogP contribution in [0.15, 0.2) is 12.2 Å². The van der Waals surface area contributed by atoms with Gasteiger partial charge in [-0.2, -0.15) is 0 Å². The molecular formula is C30H50O3. The quantitative estimate of drug-likeness (QED) is 0.108. The van der Waals surface area contributed by atoms with E-state index in [9.17, 15) is 4.79 Å². The monoisotopic (exact) mass is 458 g/mol. The molecule has 0 spiro atoms. The second-order valence-corrected chi connectivity index (χ2v) is 10.1. The fraction of sp³-hybridized carbons (Fsp3) is 0.833. The lowest BCUT2D eigenvalue weighted by molar-refractivity contribution is -0.145. The predicted octanol–water partition coefficient (Wildman–Crippen LogP) is 7.88. The van der Waals surface area contributed by atoms with E-state index in [0.717, 1.165) is 43.4 Å². The van der Waals surface area contributed by atoms with Crippen molar-refractivity contribution in [1.29, 1.82) is 0 Å². The normalized spacial score (nSPS) is 22.2. The number of hydrogen-bond donors (Lipinski definition) is 0. The maximum atomic E-state index is 11.7. The SMILES string of the molecule is CCCCC(CC#C[C@H]1CCC[C@@H]1CC=CCCCC(=O)OCCOCC)C1CCCCC1. The van der Waals surface area contributed by atoms with E-state index in [1.165, 1.54) is 70.6 Å². The average Bonchev–Trinajstić information content (AvgIpc) is 3.29. The van der Waals surface area contributed by atoms with Crippen LogP contribution in [-0.2, 0) is 14.3 Å². The van der Waals surface area contributed by atoms with Gasteiger partial charge < -0.3 is 9.47 Å². The molecule has 0 aromatic rings. The van der Waals surface area contributed by atoms with Crippen molar-refractivity contribution >= 4 is 5.97 Å². The molecule has 2 saturated carbocycles. The van der Waals surface area contributed by atoms with Crippen molar-refractivity contribution in [2.75, 3.05) is 19.8 Å². The fourth-order valence-corrected chi connectivity index (χ4v) is 5.59. The summed E-state index contributed by atoms with van der Waals surface area (Å²) < 4.78 is 10.3. The number of rotatable bonds is 15. The molecule has 2 rings (SSSR count). The Morgan fingerprint density at radius 1 is 1.00 bits per heavy atom. The zero-order valence-electron chi connectivity index (χ0n) is 21.6. The van der Waals surface area contributed by atoms with Crippen LogP contribution in [0, 0.1) is 35.5 Å². The summed E-state index contributed by atoms with van der Waals surface area (Å²) in [5.74, 6) is 10.4. The molecule has 0 aromatic carbocycles. The molecular weight excluding hydrogens is 408 g/mol. The fourth-order valence-electron chi connectivity index (χ4n) is 5.59. The first-order valence-electron chi connectivity index (χ1n) is 14.1. The minimum atomic E-state index is -0.111. The summed E-state index contributed by atoms with van der Waals surface area (Å²) in [7, 11) is 0. The predicted molar refractivity (Wildman–Crippen MR) is 138 cm³/mol. The average molecular weight is 459 g/mol. The van der Waals surface area contributed by atoms with Crippen molar-refractivity contribution < 1.29 is 14.3 Å². The van der Waals surface area contributed by atoms with Crippen LogP contribution in [0.2, 0.25) is 0 Å². The first-order chi connectivity index (χ1) is 16.2. The zero-order valence-corrected chi connectivity index (χ0v) is 21.6. The van der Waals surface area contributed by atoms with Crippen LogP contribution in [-0.4, -0.2) is 25.8 Å². The van der Waals surface area contributed by atoms with E-state index in [4.69, 9.17) is 9.47 Å². The van der Waals surface area contributed by atoms with Gasteiger partial charge in [-0.1, -0.05) is 76.4 Å². The van der Waals surface area contributed by atoms with Crippen LogP contribution in [0.5, 0.6) is 0 Å². The van der Waals surface area contributed by atoms with Crippen molar-refractivity contribution in [3.8, 4) is 11.8 Å². The Bertz CT molecular complexity index is 593. The molecule has 0 amide bonds. The molecule has 0 aliphatic heterocycles. The highest BCUT2D eigenvalue weighted by atomic mass is 16.6. The molecule has 3 nitrogen and oxygen atoms in total. The number of hydrogen-bond acceptors (Lipinski definition) is 3. The van der Waals surface area contributed by atoms with Gasteiger partial charge in [-0.05, 0) is 63.2 Å². The molecule has 33 heavy (non-hydrogen) atoms. The Labute approximate surface area is 204 Å². The third kappa shape index (κ3) is 12.1. The lowest BCUT2D eigenvalue weighted by Crippen LogP contribution is -2.18. The number of allylic oxidation sites excluding steroid dienone is 2. The Kier molecular flexibility index (Phi) is 15.3. The van der Waals surface area contributed by atoms with E-state index in [0.29, 0.717) is 32.2 Å². The Morgan fingerprint density at radius 3 is 2.64 bits per heavy atom. The second kappa shape index (κ2) is 18.1. The van der Waals surface area contributed by atoms with Gasteiger partial charge in [-0.3, -0.25) is 4.79 Å². The van der Waals surface area contributed by atoms with E-state index in [1.807, 2.05) is 6.92 Å². The van der Waals surface area contributed by atoms with Gasteiger partial charge in [0, 0.05) is 25.4 Å². The highest BCUT2D eigenvalue weighted by Crippen LogP contribution is 2.36. The number of esters is 1. The third-order valence-corrected chi connectivity index (χ3v) is 7.61. The lowest BCUT2D eigenvalue weighted by atomic mass is 9.76. The largest absolute Gasteiger partial charge is 0.463 e. The Morgan fingerprint density at radius 2 is 1.85 bits per heavy atom. The topological polar surface area (TPSA) is 35.5 Å². The Hall–Kier alpha value is -1.27. The smallest absolute Gasteiger partial charge is 0.305 e. The molecule has 3 atom stereocenters. The van der Waals surface area contributed by atoms with Crippen LogP contribution < -0.4 is 0 Å². The maximum Gasteiger partial charge on any atom is 0.305 e. The van der Waals surface area contributed by atoms with Crippen LogP contribution in [0.4, 0.5) is 0 Å². The molecule has 2 fully saturated rings. The van der Waals surface area contributed by atoms with Crippen molar-refractivity contribution in [1.82, 2.24) is 0 Å². The summed E-state index contributed by atoms with van der Waals surface area (Å²) in [6.07, 6.45) is 24.3. The molecule has 0 aromatic heterocycles. The molecule has 0 bridgehead atoms. The molecule has 2 aliphatic rings. The van der Waals surface area contributed by atoms with Gasteiger partial charge in [0.1, 0.15) is 6.61 Å².